The van der Waals surface area contributed by atoms with Gasteiger partial charge in [-0.25, -0.2) is 4.79 Å². The van der Waals surface area contributed by atoms with Crippen LogP contribution in [0.3, 0.4) is 0 Å². The molecule has 3 aromatic rings. The lowest BCUT2D eigenvalue weighted by molar-refractivity contribution is 0.207. The van der Waals surface area contributed by atoms with Crippen molar-refractivity contribution >= 4 is 23.2 Å². The van der Waals surface area contributed by atoms with Crippen molar-refractivity contribution in [3.63, 3.8) is 0 Å². The van der Waals surface area contributed by atoms with E-state index in [4.69, 9.17) is 20.9 Å². The summed E-state index contributed by atoms with van der Waals surface area (Å²) in [6.07, 6.45) is 0. The smallest absolute Gasteiger partial charge is 0.322 e. The zero-order chi connectivity index (χ0) is 22.0. The quantitative estimate of drug-likeness (QED) is 0.564. The van der Waals surface area contributed by atoms with Gasteiger partial charge in [0.2, 0.25) is 5.82 Å². The highest BCUT2D eigenvalue weighted by Gasteiger charge is 2.35. The number of allylic oxidation sites excluding steroid dienone is 1. The second-order valence-corrected chi connectivity index (χ2v) is 7.50. The molecular weight excluding hydrogens is 416 g/mol. The minimum Gasteiger partial charge on any atom is -0.494 e. The maximum absolute atomic E-state index is 12.7. The highest BCUT2D eigenvalue weighted by atomic mass is 35.5. The molecule has 1 aliphatic heterocycles. The van der Waals surface area contributed by atoms with Crippen LogP contribution in [0.1, 0.15) is 38.3 Å². The highest BCUT2D eigenvalue weighted by Crippen LogP contribution is 2.37. The van der Waals surface area contributed by atoms with E-state index in [-0.39, 0.29) is 6.03 Å². The van der Waals surface area contributed by atoms with E-state index in [1.165, 1.54) is 0 Å². The van der Waals surface area contributed by atoms with Crippen LogP contribution in [0.25, 0.3) is 17.0 Å². The molecule has 1 aromatic heterocycles. The molecule has 0 spiro atoms. The van der Waals surface area contributed by atoms with Crippen molar-refractivity contribution < 1.29 is 14.1 Å². The van der Waals surface area contributed by atoms with Crippen LogP contribution < -0.4 is 10.1 Å². The average molecular weight is 439 g/mol. The summed E-state index contributed by atoms with van der Waals surface area (Å²) in [5.74, 6) is 1.56. The predicted molar refractivity (Wildman–Crippen MR) is 119 cm³/mol. The van der Waals surface area contributed by atoms with Crippen LogP contribution in [0.15, 0.2) is 58.8 Å². The molecule has 1 aliphatic rings. The van der Waals surface area contributed by atoms with E-state index in [1.54, 1.807) is 17.0 Å². The lowest BCUT2D eigenvalue weighted by atomic mass is 9.94. The fourth-order valence-electron chi connectivity index (χ4n) is 3.69. The minimum atomic E-state index is -0.432. The van der Waals surface area contributed by atoms with Gasteiger partial charge in [-0.1, -0.05) is 41.0 Å². The summed E-state index contributed by atoms with van der Waals surface area (Å²) in [5, 5.41) is 7.80. The van der Waals surface area contributed by atoms with Gasteiger partial charge >= 0.3 is 6.03 Å². The molecule has 7 nitrogen and oxygen atoms in total. The number of amides is 2. The van der Waals surface area contributed by atoms with E-state index < -0.39 is 6.04 Å². The van der Waals surface area contributed by atoms with Crippen molar-refractivity contribution in [2.75, 3.05) is 13.2 Å². The molecule has 1 unspecified atom stereocenters. The zero-order valence-electron chi connectivity index (χ0n) is 17.6. The highest BCUT2D eigenvalue weighted by molar-refractivity contribution is 6.30. The Morgan fingerprint density at radius 1 is 1.19 bits per heavy atom. The number of rotatable bonds is 6. The molecule has 1 atom stereocenters. The summed E-state index contributed by atoms with van der Waals surface area (Å²) in [4.78, 5) is 19.0. The molecule has 4 rings (SSSR count). The lowest BCUT2D eigenvalue weighted by Crippen LogP contribution is -2.45. The number of hydrogen-bond acceptors (Lipinski definition) is 5. The summed E-state index contributed by atoms with van der Waals surface area (Å²) in [6.45, 7) is 6.85. The van der Waals surface area contributed by atoms with Gasteiger partial charge in [-0.05, 0) is 50.6 Å². The summed E-state index contributed by atoms with van der Waals surface area (Å²) in [5.41, 5.74) is 3.17. The topological polar surface area (TPSA) is 80.5 Å². The molecule has 8 heteroatoms. The molecule has 31 heavy (non-hydrogen) atoms. The summed E-state index contributed by atoms with van der Waals surface area (Å²) >= 11 is 6.11. The van der Waals surface area contributed by atoms with Crippen LogP contribution >= 0.6 is 11.6 Å². The molecule has 0 bridgehead atoms. The fourth-order valence-corrected chi connectivity index (χ4v) is 3.88. The Morgan fingerprint density at radius 3 is 2.65 bits per heavy atom. The number of aromatic nitrogens is 2. The van der Waals surface area contributed by atoms with Crippen molar-refractivity contribution in [1.82, 2.24) is 20.4 Å². The molecule has 0 fully saturated rings. The molecule has 160 valence electrons. The van der Waals surface area contributed by atoms with Crippen molar-refractivity contribution in [1.29, 1.82) is 0 Å². The van der Waals surface area contributed by atoms with E-state index >= 15 is 0 Å². The molecule has 0 aliphatic carbocycles. The second kappa shape index (κ2) is 8.81. The third-order valence-electron chi connectivity index (χ3n) is 5.18. The number of ether oxygens (including phenoxy) is 1. The van der Waals surface area contributed by atoms with Crippen molar-refractivity contribution in [3.8, 4) is 17.1 Å². The Morgan fingerprint density at radius 2 is 1.97 bits per heavy atom. The van der Waals surface area contributed by atoms with Gasteiger partial charge in [-0.2, -0.15) is 4.98 Å². The third-order valence-corrected chi connectivity index (χ3v) is 5.41. The number of halogens is 1. The first-order valence-electron chi connectivity index (χ1n) is 10.1. The van der Waals surface area contributed by atoms with Crippen LogP contribution in [0.5, 0.6) is 5.75 Å². The molecule has 0 saturated heterocycles. The lowest BCUT2D eigenvalue weighted by Gasteiger charge is -2.34. The molecule has 2 heterocycles. The van der Waals surface area contributed by atoms with Gasteiger partial charge in [-0.3, -0.25) is 4.90 Å². The first-order chi connectivity index (χ1) is 15.0. The fraction of sp³-hybridized carbons (Fsp3) is 0.261. The Hall–Kier alpha value is -3.32. The minimum absolute atomic E-state index is 0.169. The standard InChI is InChI=1S/C23H23ClN4O3/c1-4-28-14(3)19(22-26-21(27-31-22)16-7-6-8-17(24)13-16)20(25-23(28)29)15-9-11-18(12-10-15)30-5-2/h6-13,20H,4-5H2,1-3H3,(H,25,29). The molecule has 1 N–H and O–H groups in total. The Labute approximate surface area is 185 Å². The van der Waals surface area contributed by atoms with E-state index in [1.807, 2.05) is 57.2 Å². The molecule has 0 radical (unpaired) electrons. The molecule has 0 saturated carbocycles. The van der Waals surface area contributed by atoms with Crippen molar-refractivity contribution in [3.05, 3.63) is 70.7 Å². The Kier molecular flexibility index (Phi) is 5.95. The number of benzene rings is 2. The van der Waals surface area contributed by atoms with E-state index in [0.29, 0.717) is 29.9 Å². The van der Waals surface area contributed by atoms with Gasteiger partial charge in [0, 0.05) is 22.8 Å². The summed E-state index contributed by atoms with van der Waals surface area (Å²) in [6, 6.07) is 14.3. The van der Waals surface area contributed by atoms with Crippen LogP contribution in [-0.4, -0.2) is 34.2 Å². The number of hydrogen-bond donors (Lipinski definition) is 1. The summed E-state index contributed by atoms with van der Waals surface area (Å²) in [7, 11) is 0. The van der Waals surface area contributed by atoms with E-state index in [0.717, 1.165) is 28.1 Å². The van der Waals surface area contributed by atoms with Crippen molar-refractivity contribution in [2.45, 2.75) is 26.8 Å². The van der Waals surface area contributed by atoms with Gasteiger partial charge < -0.3 is 14.6 Å². The van der Waals surface area contributed by atoms with Crippen LogP contribution in [0.2, 0.25) is 5.02 Å². The van der Waals surface area contributed by atoms with Gasteiger partial charge in [0.15, 0.2) is 0 Å². The van der Waals surface area contributed by atoms with Gasteiger partial charge in [0.05, 0.1) is 18.2 Å². The second-order valence-electron chi connectivity index (χ2n) is 7.06. The first-order valence-corrected chi connectivity index (χ1v) is 10.5. The number of nitrogens with zero attached hydrogens (tertiary/aromatic N) is 3. The number of urea groups is 1. The monoisotopic (exact) mass is 438 g/mol. The van der Waals surface area contributed by atoms with E-state index in [9.17, 15) is 4.79 Å². The molecule has 2 aromatic carbocycles. The molecule has 2 amide bonds. The maximum Gasteiger partial charge on any atom is 0.322 e. The number of carbonyl (C=O) groups is 1. The number of carbonyl (C=O) groups excluding carboxylic acids is 1. The first kappa shape index (κ1) is 20.9. The predicted octanol–water partition coefficient (Wildman–Crippen LogP) is 5.31. The Balaban J connectivity index is 1.77. The van der Waals surface area contributed by atoms with Crippen molar-refractivity contribution in [2.24, 2.45) is 0 Å². The van der Waals surface area contributed by atoms with Crippen LogP contribution in [0.4, 0.5) is 4.79 Å². The summed E-state index contributed by atoms with van der Waals surface area (Å²) < 4.78 is 11.2. The van der Waals surface area contributed by atoms with Gasteiger partial charge in [-0.15, -0.1) is 0 Å². The largest absolute Gasteiger partial charge is 0.494 e. The van der Waals surface area contributed by atoms with Crippen LogP contribution in [0, 0.1) is 0 Å². The SMILES string of the molecule is CCOc1ccc(C2NC(=O)N(CC)C(C)=C2c2nc(-c3cccc(Cl)c3)no2)cc1. The Bertz CT molecular complexity index is 1120. The average Bonchev–Trinajstić information content (AvgIpc) is 3.24. The third kappa shape index (κ3) is 4.14. The normalized spacial score (nSPS) is 16.5. The molecular formula is C23H23ClN4O3. The van der Waals surface area contributed by atoms with Crippen LogP contribution in [-0.2, 0) is 0 Å². The van der Waals surface area contributed by atoms with Gasteiger partial charge in [0.1, 0.15) is 5.75 Å². The van der Waals surface area contributed by atoms with E-state index in [2.05, 4.69) is 15.5 Å². The number of nitrogens with one attached hydrogen (secondary N) is 1. The maximum atomic E-state index is 12.7. The van der Waals surface area contributed by atoms with Gasteiger partial charge in [0.25, 0.3) is 5.89 Å². The zero-order valence-corrected chi connectivity index (χ0v) is 18.3.